The summed E-state index contributed by atoms with van der Waals surface area (Å²) in [7, 11) is 2.24. The average Bonchev–Trinajstić information content (AvgIpc) is 2.35. The Labute approximate surface area is 106 Å². The maximum absolute atomic E-state index is 3.75. The van der Waals surface area contributed by atoms with Crippen molar-refractivity contribution in [1.29, 1.82) is 0 Å². The van der Waals surface area contributed by atoms with Gasteiger partial charge < -0.3 is 10.2 Å². The summed E-state index contributed by atoms with van der Waals surface area (Å²) in [6, 6.07) is 1.50. The van der Waals surface area contributed by atoms with E-state index >= 15 is 0 Å². The third kappa shape index (κ3) is 4.11. The summed E-state index contributed by atoms with van der Waals surface area (Å²) in [6.07, 6.45) is 11.9. The maximum atomic E-state index is 3.75. The van der Waals surface area contributed by atoms with Crippen molar-refractivity contribution >= 4 is 0 Å². The maximum Gasteiger partial charge on any atom is 0.00941 e. The topological polar surface area (TPSA) is 15.3 Å². The van der Waals surface area contributed by atoms with Gasteiger partial charge in [-0.25, -0.2) is 0 Å². The smallest absolute Gasteiger partial charge is 0.00941 e. The van der Waals surface area contributed by atoms with Gasteiger partial charge >= 0.3 is 0 Å². The molecule has 2 nitrogen and oxygen atoms in total. The van der Waals surface area contributed by atoms with Gasteiger partial charge in [-0.2, -0.15) is 0 Å². The van der Waals surface area contributed by atoms with E-state index in [2.05, 4.69) is 30.3 Å². The van der Waals surface area contributed by atoms with Gasteiger partial charge in [0.05, 0.1) is 0 Å². The zero-order valence-corrected chi connectivity index (χ0v) is 11.5. The molecule has 1 aliphatic heterocycles. The van der Waals surface area contributed by atoms with Crippen LogP contribution in [-0.4, -0.2) is 37.1 Å². The van der Waals surface area contributed by atoms with E-state index in [4.69, 9.17) is 0 Å². The number of nitrogens with one attached hydrogen (secondary N) is 1. The number of nitrogens with zero attached hydrogens (tertiary/aromatic N) is 1. The molecular formula is C15H28N2. The van der Waals surface area contributed by atoms with Crippen molar-refractivity contribution in [2.45, 2.75) is 64.0 Å². The number of piperidine rings is 1. The highest BCUT2D eigenvalue weighted by atomic mass is 15.1. The van der Waals surface area contributed by atoms with E-state index in [1.54, 1.807) is 5.57 Å². The second-order valence-corrected chi connectivity index (χ2v) is 5.86. The monoisotopic (exact) mass is 236 g/mol. The number of rotatable bonds is 4. The van der Waals surface area contributed by atoms with E-state index in [1.165, 1.54) is 58.0 Å². The van der Waals surface area contributed by atoms with Crippen LogP contribution in [-0.2, 0) is 0 Å². The quantitative estimate of drug-likeness (QED) is 0.755. The lowest BCUT2D eigenvalue weighted by Crippen LogP contribution is -2.45. The molecule has 0 aromatic rings. The molecule has 1 heterocycles. The fourth-order valence-corrected chi connectivity index (χ4v) is 3.04. The van der Waals surface area contributed by atoms with Crippen LogP contribution >= 0.6 is 0 Å². The Bertz CT molecular complexity index is 260. The molecule has 98 valence electrons. The summed E-state index contributed by atoms with van der Waals surface area (Å²) >= 11 is 0. The third-order valence-corrected chi connectivity index (χ3v) is 4.47. The molecule has 0 aromatic heterocycles. The highest BCUT2D eigenvalue weighted by Gasteiger charge is 2.21. The van der Waals surface area contributed by atoms with E-state index < -0.39 is 0 Å². The van der Waals surface area contributed by atoms with Crippen molar-refractivity contribution in [3.8, 4) is 0 Å². The van der Waals surface area contributed by atoms with E-state index in [-0.39, 0.29) is 0 Å². The Morgan fingerprint density at radius 1 is 1.41 bits per heavy atom. The van der Waals surface area contributed by atoms with Crippen LogP contribution < -0.4 is 5.32 Å². The van der Waals surface area contributed by atoms with Gasteiger partial charge in [0.2, 0.25) is 0 Å². The normalized spacial score (nSPS) is 31.3. The van der Waals surface area contributed by atoms with Gasteiger partial charge in [0.15, 0.2) is 0 Å². The van der Waals surface area contributed by atoms with Crippen LogP contribution in [0.15, 0.2) is 11.6 Å². The molecular weight excluding hydrogens is 208 g/mol. The van der Waals surface area contributed by atoms with Crippen LogP contribution in [0, 0.1) is 0 Å². The molecule has 17 heavy (non-hydrogen) atoms. The van der Waals surface area contributed by atoms with Crippen molar-refractivity contribution in [3.63, 3.8) is 0 Å². The summed E-state index contributed by atoms with van der Waals surface area (Å²) in [5, 5.41) is 3.75. The molecule has 0 radical (unpaired) electrons. The average molecular weight is 236 g/mol. The molecule has 0 spiro atoms. The van der Waals surface area contributed by atoms with Crippen LogP contribution in [0.25, 0.3) is 0 Å². The third-order valence-electron chi connectivity index (χ3n) is 4.47. The Morgan fingerprint density at radius 2 is 2.29 bits per heavy atom. The summed E-state index contributed by atoms with van der Waals surface area (Å²) < 4.78 is 0. The highest BCUT2D eigenvalue weighted by Crippen LogP contribution is 2.20. The summed E-state index contributed by atoms with van der Waals surface area (Å²) in [5.41, 5.74) is 1.70. The molecule has 1 aliphatic carbocycles. The summed E-state index contributed by atoms with van der Waals surface area (Å²) in [6.45, 7) is 4.78. The largest absolute Gasteiger partial charge is 0.314 e. The first-order valence-electron chi connectivity index (χ1n) is 7.37. The molecule has 0 amide bonds. The zero-order chi connectivity index (χ0) is 12.1. The molecule has 2 atom stereocenters. The molecule has 0 aromatic carbocycles. The molecule has 2 rings (SSSR count). The fourth-order valence-electron chi connectivity index (χ4n) is 3.04. The molecule has 1 N–H and O–H groups in total. The van der Waals surface area contributed by atoms with Gasteiger partial charge in [0, 0.05) is 12.1 Å². The Kier molecular flexibility index (Phi) is 5.05. The Balaban J connectivity index is 1.63. The van der Waals surface area contributed by atoms with E-state index in [9.17, 15) is 0 Å². The second kappa shape index (κ2) is 6.55. The van der Waals surface area contributed by atoms with Gasteiger partial charge in [-0.1, -0.05) is 11.6 Å². The lowest BCUT2D eigenvalue weighted by atomic mass is 9.96. The lowest BCUT2D eigenvalue weighted by Gasteiger charge is -2.35. The van der Waals surface area contributed by atoms with Crippen molar-refractivity contribution < 1.29 is 0 Å². The SMILES string of the molecule is CC1CC(NCCC2=CCCCC2)CCN1C. The predicted octanol–water partition coefficient (Wildman–Crippen LogP) is 2.95. The van der Waals surface area contributed by atoms with Crippen LogP contribution in [0.3, 0.4) is 0 Å². The van der Waals surface area contributed by atoms with Gasteiger partial charge in [-0.05, 0) is 72.0 Å². The molecule has 2 unspecified atom stereocenters. The van der Waals surface area contributed by atoms with E-state index in [0.29, 0.717) is 0 Å². The molecule has 2 heteroatoms. The standard InChI is InChI=1S/C15H28N2/c1-13-12-15(9-11-17(13)2)16-10-8-14-6-4-3-5-7-14/h6,13,15-16H,3-5,7-12H2,1-2H3. The van der Waals surface area contributed by atoms with Crippen LogP contribution in [0.5, 0.6) is 0 Å². The van der Waals surface area contributed by atoms with Crippen LogP contribution in [0.2, 0.25) is 0 Å². The molecule has 0 saturated carbocycles. The molecule has 1 saturated heterocycles. The van der Waals surface area contributed by atoms with Crippen LogP contribution in [0.1, 0.15) is 51.9 Å². The molecule has 0 bridgehead atoms. The van der Waals surface area contributed by atoms with Gasteiger partial charge in [-0.3, -0.25) is 0 Å². The molecule has 2 aliphatic rings. The van der Waals surface area contributed by atoms with Crippen molar-refractivity contribution in [3.05, 3.63) is 11.6 Å². The minimum absolute atomic E-state index is 0.746. The Morgan fingerprint density at radius 3 is 3.00 bits per heavy atom. The summed E-state index contributed by atoms with van der Waals surface area (Å²) in [4.78, 5) is 2.47. The van der Waals surface area contributed by atoms with Gasteiger partial charge in [0.25, 0.3) is 0 Å². The number of allylic oxidation sites excluding steroid dienone is 1. The van der Waals surface area contributed by atoms with Crippen molar-refractivity contribution in [2.75, 3.05) is 20.1 Å². The Hall–Kier alpha value is -0.340. The minimum atomic E-state index is 0.746. The van der Waals surface area contributed by atoms with Gasteiger partial charge in [-0.15, -0.1) is 0 Å². The first-order valence-corrected chi connectivity index (χ1v) is 7.37. The minimum Gasteiger partial charge on any atom is -0.314 e. The van der Waals surface area contributed by atoms with Crippen molar-refractivity contribution in [1.82, 2.24) is 10.2 Å². The summed E-state index contributed by atoms with van der Waals surface area (Å²) in [5.74, 6) is 0. The van der Waals surface area contributed by atoms with Gasteiger partial charge in [0.1, 0.15) is 0 Å². The fraction of sp³-hybridized carbons (Fsp3) is 0.867. The van der Waals surface area contributed by atoms with Crippen molar-refractivity contribution in [2.24, 2.45) is 0 Å². The highest BCUT2D eigenvalue weighted by molar-refractivity contribution is 5.05. The number of hydrogen-bond acceptors (Lipinski definition) is 2. The van der Waals surface area contributed by atoms with E-state index in [1.807, 2.05) is 0 Å². The first-order chi connectivity index (χ1) is 8.25. The second-order valence-electron chi connectivity index (χ2n) is 5.86. The predicted molar refractivity (Wildman–Crippen MR) is 74.3 cm³/mol. The lowest BCUT2D eigenvalue weighted by molar-refractivity contribution is 0.169. The van der Waals surface area contributed by atoms with E-state index in [0.717, 1.165) is 12.1 Å². The number of hydrogen-bond donors (Lipinski definition) is 1. The zero-order valence-electron chi connectivity index (χ0n) is 11.5. The first kappa shape index (κ1) is 13.1. The number of likely N-dealkylation sites (tertiary alicyclic amines) is 1. The molecule has 1 fully saturated rings. The van der Waals surface area contributed by atoms with Crippen LogP contribution in [0.4, 0.5) is 0 Å².